The monoisotopic (exact) mass is 298 g/mol. The molecule has 114 valence electrons. The van der Waals surface area contributed by atoms with Gasteiger partial charge in [0, 0.05) is 0 Å². The van der Waals surface area contributed by atoms with E-state index in [1.54, 1.807) is 0 Å². The van der Waals surface area contributed by atoms with E-state index in [4.69, 9.17) is 0 Å². The first kappa shape index (κ1) is 15.3. The van der Waals surface area contributed by atoms with Gasteiger partial charge in [0.15, 0.2) is 0 Å². The Morgan fingerprint density at radius 1 is 0.609 bits per heavy atom. The van der Waals surface area contributed by atoms with Crippen molar-refractivity contribution in [1.82, 2.24) is 0 Å². The highest BCUT2D eigenvalue weighted by atomic mass is 14.1. The van der Waals surface area contributed by atoms with E-state index in [2.05, 4.69) is 93.2 Å². The lowest BCUT2D eigenvalue weighted by Gasteiger charge is -2.09. The quantitative estimate of drug-likeness (QED) is 0.558. The normalized spacial score (nSPS) is 10.5. The lowest BCUT2D eigenvalue weighted by Crippen LogP contribution is -1.91. The SMILES string of the molecule is C=C(c1ccc(C)cc1)c1ccc(Cc2ccc(C)cc2)cc1. The lowest BCUT2D eigenvalue weighted by atomic mass is 9.96. The Balaban J connectivity index is 1.75. The molecule has 0 aromatic heterocycles. The first-order valence-electron chi connectivity index (χ1n) is 8.02. The summed E-state index contributed by atoms with van der Waals surface area (Å²) in [6.07, 6.45) is 0.970. The van der Waals surface area contributed by atoms with Gasteiger partial charge in [-0.3, -0.25) is 0 Å². The molecule has 3 rings (SSSR count). The molecule has 23 heavy (non-hydrogen) atoms. The Morgan fingerprint density at radius 3 is 1.43 bits per heavy atom. The number of aryl methyl sites for hydroxylation is 2. The molecule has 0 radical (unpaired) electrons. The third-order valence-corrected chi connectivity index (χ3v) is 4.23. The van der Waals surface area contributed by atoms with Crippen molar-refractivity contribution in [3.05, 3.63) is 113 Å². The first-order valence-corrected chi connectivity index (χ1v) is 8.02. The molecule has 0 nitrogen and oxygen atoms in total. The molecule has 3 aromatic rings. The molecule has 0 bridgehead atoms. The molecule has 0 aliphatic heterocycles. The first-order chi connectivity index (χ1) is 11.1. The molecule has 0 aliphatic carbocycles. The van der Waals surface area contributed by atoms with Gasteiger partial charge in [-0.25, -0.2) is 0 Å². The van der Waals surface area contributed by atoms with Gasteiger partial charge >= 0.3 is 0 Å². The topological polar surface area (TPSA) is 0 Å². The van der Waals surface area contributed by atoms with Crippen molar-refractivity contribution in [1.29, 1.82) is 0 Å². The summed E-state index contributed by atoms with van der Waals surface area (Å²) >= 11 is 0. The van der Waals surface area contributed by atoms with Crippen LogP contribution in [-0.2, 0) is 6.42 Å². The molecule has 0 N–H and O–H groups in total. The Morgan fingerprint density at radius 2 is 0.957 bits per heavy atom. The second-order valence-corrected chi connectivity index (χ2v) is 6.20. The van der Waals surface area contributed by atoms with Gasteiger partial charge in [0.25, 0.3) is 0 Å². The molecule has 0 saturated carbocycles. The van der Waals surface area contributed by atoms with Crippen LogP contribution in [0.1, 0.15) is 33.4 Å². The van der Waals surface area contributed by atoms with Gasteiger partial charge in [0.05, 0.1) is 0 Å². The Labute approximate surface area is 139 Å². The van der Waals surface area contributed by atoms with Crippen molar-refractivity contribution in [2.24, 2.45) is 0 Å². The highest BCUT2D eigenvalue weighted by molar-refractivity contribution is 5.78. The summed E-state index contributed by atoms with van der Waals surface area (Å²) in [4.78, 5) is 0. The van der Waals surface area contributed by atoms with Crippen LogP contribution in [0, 0.1) is 13.8 Å². The van der Waals surface area contributed by atoms with Crippen molar-refractivity contribution >= 4 is 5.57 Å². The number of benzene rings is 3. The van der Waals surface area contributed by atoms with E-state index in [1.807, 2.05) is 0 Å². The fraction of sp³-hybridized carbons (Fsp3) is 0.130. The number of rotatable bonds is 4. The van der Waals surface area contributed by atoms with Gasteiger partial charge in [-0.15, -0.1) is 0 Å². The van der Waals surface area contributed by atoms with Crippen LogP contribution in [0.4, 0.5) is 0 Å². The van der Waals surface area contributed by atoms with Gasteiger partial charge in [-0.05, 0) is 48.1 Å². The molecular weight excluding hydrogens is 276 g/mol. The molecule has 3 aromatic carbocycles. The minimum atomic E-state index is 0.970. The van der Waals surface area contributed by atoms with E-state index in [0.717, 1.165) is 12.0 Å². The number of hydrogen-bond acceptors (Lipinski definition) is 0. The van der Waals surface area contributed by atoms with Crippen molar-refractivity contribution < 1.29 is 0 Å². The summed E-state index contributed by atoms with van der Waals surface area (Å²) in [6, 6.07) is 26.0. The zero-order valence-corrected chi connectivity index (χ0v) is 13.8. The second kappa shape index (κ2) is 6.66. The summed E-state index contributed by atoms with van der Waals surface area (Å²) < 4.78 is 0. The highest BCUT2D eigenvalue weighted by Gasteiger charge is 2.03. The summed E-state index contributed by atoms with van der Waals surface area (Å²) in [5.74, 6) is 0. The van der Waals surface area contributed by atoms with Crippen LogP contribution in [0.15, 0.2) is 79.4 Å². The molecular formula is C23H22. The van der Waals surface area contributed by atoms with Crippen LogP contribution in [0.3, 0.4) is 0 Å². The maximum Gasteiger partial charge on any atom is -0.00258 e. The van der Waals surface area contributed by atoms with Gasteiger partial charge in [0.1, 0.15) is 0 Å². The van der Waals surface area contributed by atoms with E-state index < -0.39 is 0 Å². The maximum atomic E-state index is 4.25. The fourth-order valence-electron chi connectivity index (χ4n) is 2.69. The Bertz CT molecular complexity index is 788. The van der Waals surface area contributed by atoms with E-state index in [1.165, 1.54) is 33.4 Å². The van der Waals surface area contributed by atoms with Crippen molar-refractivity contribution in [2.45, 2.75) is 20.3 Å². The van der Waals surface area contributed by atoms with E-state index in [-0.39, 0.29) is 0 Å². The molecule has 0 saturated heterocycles. The van der Waals surface area contributed by atoms with E-state index >= 15 is 0 Å². The summed E-state index contributed by atoms with van der Waals surface area (Å²) in [5.41, 5.74) is 8.69. The van der Waals surface area contributed by atoms with Crippen LogP contribution in [0.5, 0.6) is 0 Å². The molecule has 0 amide bonds. The predicted molar refractivity (Wildman–Crippen MR) is 99.7 cm³/mol. The molecule has 0 heteroatoms. The van der Waals surface area contributed by atoms with Gasteiger partial charge in [-0.2, -0.15) is 0 Å². The maximum absolute atomic E-state index is 4.25. The van der Waals surface area contributed by atoms with Gasteiger partial charge in [0.2, 0.25) is 0 Å². The highest BCUT2D eigenvalue weighted by Crippen LogP contribution is 2.23. The van der Waals surface area contributed by atoms with Crippen LogP contribution < -0.4 is 0 Å². The fourth-order valence-corrected chi connectivity index (χ4v) is 2.69. The molecule has 0 heterocycles. The molecule has 0 fully saturated rings. The van der Waals surface area contributed by atoms with Crippen molar-refractivity contribution in [2.75, 3.05) is 0 Å². The van der Waals surface area contributed by atoms with Crippen molar-refractivity contribution in [3.8, 4) is 0 Å². The predicted octanol–water partition coefficient (Wildman–Crippen LogP) is 5.96. The third kappa shape index (κ3) is 3.78. The van der Waals surface area contributed by atoms with E-state index in [9.17, 15) is 0 Å². The second-order valence-electron chi connectivity index (χ2n) is 6.20. The standard InChI is InChI=1S/C23H22/c1-17-4-8-20(9-5-17)16-21-10-14-23(15-11-21)19(3)22-12-6-18(2)7-13-22/h4-15H,3,16H2,1-2H3. The Kier molecular flexibility index (Phi) is 4.43. The minimum absolute atomic E-state index is 0.970. The van der Waals surface area contributed by atoms with Crippen LogP contribution in [-0.4, -0.2) is 0 Å². The van der Waals surface area contributed by atoms with Crippen LogP contribution in [0.2, 0.25) is 0 Å². The van der Waals surface area contributed by atoms with E-state index in [0.29, 0.717) is 0 Å². The molecule has 0 spiro atoms. The summed E-state index contributed by atoms with van der Waals surface area (Å²) in [5, 5.41) is 0. The summed E-state index contributed by atoms with van der Waals surface area (Å²) in [6.45, 7) is 8.47. The minimum Gasteiger partial charge on any atom is -0.0906 e. The van der Waals surface area contributed by atoms with Crippen molar-refractivity contribution in [3.63, 3.8) is 0 Å². The van der Waals surface area contributed by atoms with Crippen LogP contribution in [0.25, 0.3) is 5.57 Å². The average Bonchev–Trinajstić information content (AvgIpc) is 2.58. The smallest absolute Gasteiger partial charge is 0.00258 e. The number of hydrogen-bond donors (Lipinski definition) is 0. The lowest BCUT2D eigenvalue weighted by molar-refractivity contribution is 1.18. The molecule has 0 aliphatic rings. The van der Waals surface area contributed by atoms with Crippen LogP contribution >= 0.6 is 0 Å². The zero-order valence-electron chi connectivity index (χ0n) is 13.8. The molecule has 0 unspecified atom stereocenters. The zero-order chi connectivity index (χ0) is 16.2. The largest absolute Gasteiger partial charge is 0.0906 e. The van der Waals surface area contributed by atoms with Gasteiger partial charge in [-0.1, -0.05) is 90.5 Å². The van der Waals surface area contributed by atoms with Gasteiger partial charge < -0.3 is 0 Å². The Hall–Kier alpha value is -2.60. The average molecular weight is 298 g/mol. The third-order valence-electron chi connectivity index (χ3n) is 4.23. The molecule has 0 atom stereocenters. The summed E-state index contributed by atoms with van der Waals surface area (Å²) in [7, 11) is 0.